The Labute approximate surface area is 176 Å². The minimum absolute atomic E-state index is 0.106. The van der Waals surface area contributed by atoms with E-state index in [-0.39, 0.29) is 35.4 Å². The SMILES string of the molecule is CCCCCC(C)(C)[C@H](O)/C=C/[C@H]1[C@H](O)CC(=O)[C@@H]1CCCC/C=C/C(=O)OC. The van der Waals surface area contributed by atoms with Gasteiger partial charge in [-0.3, -0.25) is 4.79 Å². The smallest absolute Gasteiger partial charge is 0.330 e. The highest BCUT2D eigenvalue weighted by Gasteiger charge is 2.39. The van der Waals surface area contributed by atoms with Gasteiger partial charge in [0.05, 0.1) is 19.3 Å². The van der Waals surface area contributed by atoms with E-state index in [1.807, 2.05) is 6.08 Å². The molecule has 4 atom stereocenters. The first-order valence-electron chi connectivity index (χ1n) is 11.0. The molecule has 0 aromatic heterocycles. The molecular weight excluding hydrogens is 368 g/mol. The summed E-state index contributed by atoms with van der Waals surface area (Å²) in [5.74, 6) is -0.676. The molecule has 0 spiro atoms. The van der Waals surface area contributed by atoms with Gasteiger partial charge in [0, 0.05) is 24.3 Å². The Morgan fingerprint density at radius 3 is 2.66 bits per heavy atom. The average molecular weight is 409 g/mol. The van der Waals surface area contributed by atoms with Crippen molar-refractivity contribution in [3.05, 3.63) is 24.3 Å². The molecule has 0 aliphatic heterocycles. The minimum Gasteiger partial charge on any atom is -0.466 e. The fourth-order valence-corrected chi connectivity index (χ4v) is 3.94. The van der Waals surface area contributed by atoms with Crippen LogP contribution in [-0.2, 0) is 14.3 Å². The summed E-state index contributed by atoms with van der Waals surface area (Å²) in [6, 6.07) is 0. The third-order valence-electron chi connectivity index (χ3n) is 6.06. The fourth-order valence-electron chi connectivity index (χ4n) is 3.94. The highest BCUT2D eigenvalue weighted by Crippen LogP contribution is 2.35. The quantitative estimate of drug-likeness (QED) is 0.205. The number of ether oxygens (including phenoxy) is 1. The maximum absolute atomic E-state index is 12.3. The molecule has 0 aromatic carbocycles. The molecule has 0 aromatic rings. The van der Waals surface area contributed by atoms with Gasteiger partial charge in [-0.25, -0.2) is 4.79 Å². The van der Waals surface area contributed by atoms with Crippen molar-refractivity contribution < 1.29 is 24.5 Å². The number of unbranched alkanes of at least 4 members (excludes halogenated alkanes) is 4. The van der Waals surface area contributed by atoms with Crippen LogP contribution in [0, 0.1) is 17.3 Å². The Morgan fingerprint density at radius 1 is 1.28 bits per heavy atom. The summed E-state index contributed by atoms with van der Waals surface area (Å²) in [5, 5.41) is 20.9. The fraction of sp³-hybridized carbons (Fsp3) is 0.750. The number of esters is 1. The van der Waals surface area contributed by atoms with Gasteiger partial charge < -0.3 is 14.9 Å². The third kappa shape index (κ3) is 8.83. The molecule has 1 saturated carbocycles. The van der Waals surface area contributed by atoms with Crippen LogP contribution in [0.25, 0.3) is 0 Å². The molecule has 0 saturated heterocycles. The topological polar surface area (TPSA) is 83.8 Å². The van der Waals surface area contributed by atoms with E-state index in [0.717, 1.165) is 44.9 Å². The van der Waals surface area contributed by atoms with Gasteiger partial charge in [-0.05, 0) is 31.1 Å². The predicted octanol–water partition coefficient (Wildman–Crippen LogP) is 4.37. The van der Waals surface area contributed by atoms with E-state index in [1.165, 1.54) is 13.2 Å². The molecule has 0 radical (unpaired) electrons. The number of hydrogen-bond acceptors (Lipinski definition) is 5. The second-order valence-corrected chi connectivity index (χ2v) is 8.91. The van der Waals surface area contributed by atoms with Crippen LogP contribution in [0.4, 0.5) is 0 Å². The van der Waals surface area contributed by atoms with E-state index in [4.69, 9.17) is 0 Å². The van der Waals surface area contributed by atoms with Crippen molar-refractivity contribution in [2.45, 2.75) is 90.8 Å². The zero-order valence-electron chi connectivity index (χ0n) is 18.6. The van der Waals surface area contributed by atoms with E-state index in [1.54, 1.807) is 12.2 Å². The van der Waals surface area contributed by atoms with E-state index in [0.29, 0.717) is 6.42 Å². The summed E-state index contributed by atoms with van der Waals surface area (Å²) in [4.78, 5) is 23.4. The second kappa shape index (κ2) is 13.0. The molecule has 0 unspecified atom stereocenters. The number of aliphatic hydroxyl groups excluding tert-OH is 2. The summed E-state index contributed by atoms with van der Waals surface area (Å²) < 4.78 is 4.55. The highest BCUT2D eigenvalue weighted by atomic mass is 16.5. The predicted molar refractivity (Wildman–Crippen MR) is 115 cm³/mol. The van der Waals surface area contributed by atoms with Crippen LogP contribution < -0.4 is 0 Å². The van der Waals surface area contributed by atoms with Gasteiger partial charge in [0.25, 0.3) is 0 Å². The number of ketones is 1. The Balaban J connectivity index is 2.56. The van der Waals surface area contributed by atoms with E-state index >= 15 is 0 Å². The van der Waals surface area contributed by atoms with E-state index in [2.05, 4.69) is 25.5 Å². The largest absolute Gasteiger partial charge is 0.466 e. The first kappa shape index (κ1) is 25.6. The van der Waals surface area contributed by atoms with E-state index < -0.39 is 12.2 Å². The lowest BCUT2D eigenvalue weighted by Gasteiger charge is -2.29. The average Bonchev–Trinajstić information content (AvgIpc) is 2.94. The Kier molecular flexibility index (Phi) is 11.4. The number of allylic oxidation sites excluding steroid dienone is 1. The molecule has 1 rings (SSSR count). The van der Waals surface area contributed by atoms with Gasteiger partial charge in [-0.1, -0.05) is 64.7 Å². The molecule has 5 heteroatoms. The van der Waals surface area contributed by atoms with Crippen molar-refractivity contribution in [1.82, 2.24) is 0 Å². The molecule has 0 heterocycles. The van der Waals surface area contributed by atoms with Gasteiger partial charge in [-0.15, -0.1) is 0 Å². The number of aliphatic hydroxyl groups is 2. The molecule has 29 heavy (non-hydrogen) atoms. The van der Waals surface area contributed by atoms with Crippen molar-refractivity contribution in [3.63, 3.8) is 0 Å². The van der Waals surface area contributed by atoms with Crippen molar-refractivity contribution in [1.29, 1.82) is 0 Å². The van der Waals surface area contributed by atoms with E-state index in [9.17, 15) is 19.8 Å². The van der Waals surface area contributed by atoms with Crippen molar-refractivity contribution in [2.75, 3.05) is 7.11 Å². The lowest BCUT2D eigenvalue weighted by molar-refractivity contribution is -0.134. The molecular formula is C24H40O5. The zero-order chi connectivity index (χ0) is 21.9. The standard InChI is InChI=1S/C24H40O5/c1-5-6-11-16-24(2,3)22(27)15-14-19-18(20(25)17-21(19)26)12-9-7-8-10-13-23(28)29-4/h10,13-15,18-19,21-22,26-27H,5-9,11-12,16-17H2,1-4H3/b13-10+,15-14+/t18-,19-,21-,22-/m1/s1. The van der Waals surface area contributed by atoms with Gasteiger partial charge in [0.15, 0.2) is 0 Å². The van der Waals surface area contributed by atoms with Crippen molar-refractivity contribution in [3.8, 4) is 0 Å². The molecule has 1 aliphatic carbocycles. The lowest BCUT2D eigenvalue weighted by Crippen LogP contribution is -2.28. The summed E-state index contributed by atoms with van der Waals surface area (Å²) in [6.45, 7) is 6.29. The van der Waals surface area contributed by atoms with Crippen molar-refractivity contribution >= 4 is 11.8 Å². The highest BCUT2D eigenvalue weighted by molar-refractivity contribution is 5.84. The maximum atomic E-state index is 12.3. The molecule has 0 amide bonds. The number of methoxy groups -OCH3 is 1. The molecule has 166 valence electrons. The summed E-state index contributed by atoms with van der Waals surface area (Å²) in [7, 11) is 1.35. The summed E-state index contributed by atoms with van der Waals surface area (Å²) in [6.07, 6.45) is 13.3. The first-order valence-corrected chi connectivity index (χ1v) is 11.0. The molecule has 5 nitrogen and oxygen atoms in total. The van der Waals surface area contributed by atoms with Crippen LogP contribution in [0.15, 0.2) is 24.3 Å². The minimum atomic E-state index is -0.668. The van der Waals surface area contributed by atoms with Crippen LogP contribution in [0.1, 0.15) is 78.6 Å². The van der Waals surface area contributed by atoms with Crippen LogP contribution in [0.3, 0.4) is 0 Å². The molecule has 0 bridgehead atoms. The Bertz CT molecular complexity index is 564. The molecule has 2 N–H and O–H groups in total. The lowest BCUT2D eigenvalue weighted by atomic mass is 9.80. The van der Waals surface area contributed by atoms with Crippen LogP contribution in [0.5, 0.6) is 0 Å². The van der Waals surface area contributed by atoms with Crippen molar-refractivity contribution in [2.24, 2.45) is 17.3 Å². The van der Waals surface area contributed by atoms with Gasteiger partial charge in [0.1, 0.15) is 5.78 Å². The number of rotatable bonds is 13. The Hall–Kier alpha value is -1.46. The summed E-state index contributed by atoms with van der Waals surface area (Å²) in [5.41, 5.74) is -0.222. The van der Waals surface area contributed by atoms with Crippen LogP contribution >= 0.6 is 0 Å². The normalized spacial score (nSPS) is 23.9. The summed E-state index contributed by atoms with van der Waals surface area (Å²) >= 11 is 0. The number of carbonyl (C=O) groups excluding carboxylic acids is 2. The second-order valence-electron chi connectivity index (χ2n) is 8.91. The number of carbonyl (C=O) groups is 2. The van der Waals surface area contributed by atoms with Gasteiger partial charge >= 0.3 is 5.97 Å². The first-order chi connectivity index (χ1) is 13.7. The number of hydrogen-bond donors (Lipinski definition) is 2. The third-order valence-corrected chi connectivity index (χ3v) is 6.06. The van der Waals surface area contributed by atoms with Crippen LogP contribution in [-0.4, -0.2) is 41.3 Å². The number of Topliss-reactive ketones (excluding diaryl/α,β-unsaturated/α-hetero) is 1. The maximum Gasteiger partial charge on any atom is 0.330 e. The van der Waals surface area contributed by atoms with Gasteiger partial charge in [-0.2, -0.15) is 0 Å². The monoisotopic (exact) mass is 408 g/mol. The van der Waals surface area contributed by atoms with Crippen LogP contribution in [0.2, 0.25) is 0 Å². The molecule has 1 aliphatic rings. The Morgan fingerprint density at radius 2 is 2.00 bits per heavy atom. The molecule has 1 fully saturated rings. The van der Waals surface area contributed by atoms with Gasteiger partial charge in [0.2, 0.25) is 0 Å². The zero-order valence-corrected chi connectivity index (χ0v) is 18.6.